The molecule has 2 saturated carbocycles. The molecule has 0 saturated heterocycles. The van der Waals surface area contributed by atoms with Gasteiger partial charge in [0.15, 0.2) is 0 Å². The van der Waals surface area contributed by atoms with Gasteiger partial charge in [-0.2, -0.15) is 0 Å². The van der Waals surface area contributed by atoms with Crippen molar-refractivity contribution in [1.82, 2.24) is 0 Å². The van der Waals surface area contributed by atoms with Crippen LogP contribution in [0.25, 0.3) is 0 Å². The maximum Gasteiger partial charge on any atom is 0.314 e. The lowest BCUT2D eigenvalue weighted by Crippen LogP contribution is -2.24. The molecule has 3 heteroatoms. The third-order valence-electron chi connectivity index (χ3n) is 4.46. The normalized spacial score (nSPS) is 21.2. The van der Waals surface area contributed by atoms with E-state index in [2.05, 4.69) is 6.07 Å². The third kappa shape index (κ3) is 1.53. The minimum Gasteiger partial charge on any atom is -0.496 e. The van der Waals surface area contributed by atoms with Gasteiger partial charge in [-0.25, -0.2) is 0 Å². The average molecular weight is 246 g/mol. The van der Waals surface area contributed by atoms with Crippen molar-refractivity contribution in [3.8, 4) is 5.75 Å². The Hall–Kier alpha value is -1.51. The van der Waals surface area contributed by atoms with Gasteiger partial charge in [0.25, 0.3) is 0 Å². The molecule has 2 aliphatic carbocycles. The van der Waals surface area contributed by atoms with Crippen LogP contribution in [0.3, 0.4) is 0 Å². The molecule has 3 rings (SSSR count). The molecule has 0 radical (unpaired) electrons. The summed E-state index contributed by atoms with van der Waals surface area (Å²) in [6, 6.07) is 5.96. The number of methoxy groups -OCH3 is 1. The topological polar surface area (TPSA) is 46.5 Å². The molecule has 1 aromatic carbocycles. The second kappa shape index (κ2) is 4.01. The Morgan fingerprint density at radius 1 is 1.39 bits per heavy atom. The first-order valence-electron chi connectivity index (χ1n) is 6.60. The van der Waals surface area contributed by atoms with Crippen molar-refractivity contribution in [2.75, 3.05) is 7.11 Å². The van der Waals surface area contributed by atoms with E-state index in [0.29, 0.717) is 5.92 Å². The predicted molar refractivity (Wildman–Crippen MR) is 68.1 cm³/mol. The van der Waals surface area contributed by atoms with Crippen LogP contribution < -0.4 is 4.74 Å². The van der Waals surface area contributed by atoms with E-state index in [1.807, 2.05) is 12.1 Å². The van der Waals surface area contributed by atoms with Crippen molar-refractivity contribution >= 4 is 5.97 Å². The lowest BCUT2D eigenvalue weighted by Gasteiger charge is -2.30. The summed E-state index contributed by atoms with van der Waals surface area (Å²) in [6.45, 7) is 0. The summed E-state index contributed by atoms with van der Waals surface area (Å²) in [4.78, 5) is 11.6. The summed E-state index contributed by atoms with van der Waals surface area (Å²) < 4.78 is 5.42. The van der Waals surface area contributed by atoms with Crippen LogP contribution in [0.1, 0.15) is 49.1 Å². The highest BCUT2D eigenvalue weighted by molar-refractivity contribution is 5.86. The molecule has 18 heavy (non-hydrogen) atoms. The Labute approximate surface area is 107 Å². The predicted octanol–water partition coefficient (Wildman–Crippen LogP) is 3.08. The van der Waals surface area contributed by atoms with Crippen molar-refractivity contribution in [2.24, 2.45) is 0 Å². The molecular formula is C15H18O3. The summed E-state index contributed by atoms with van der Waals surface area (Å²) in [5.41, 5.74) is 1.49. The van der Waals surface area contributed by atoms with Gasteiger partial charge in [0.1, 0.15) is 5.75 Å². The molecule has 0 bridgehead atoms. The highest BCUT2D eigenvalue weighted by Crippen LogP contribution is 2.55. The number of hydrogen-bond donors (Lipinski definition) is 1. The van der Waals surface area contributed by atoms with E-state index in [1.165, 1.54) is 24.8 Å². The zero-order valence-corrected chi connectivity index (χ0v) is 10.6. The minimum atomic E-state index is -0.701. The molecule has 0 amide bonds. The van der Waals surface area contributed by atoms with Gasteiger partial charge in [-0.3, -0.25) is 4.79 Å². The lowest BCUT2D eigenvalue weighted by molar-refractivity contribution is -0.140. The number of carboxylic acids is 1. The quantitative estimate of drug-likeness (QED) is 0.888. The van der Waals surface area contributed by atoms with Gasteiger partial charge >= 0.3 is 5.97 Å². The van der Waals surface area contributed by atoms with Crippen molar-refractivity contribution < 1.29 is 14.6 Å². The van der Waals surface area contributed by atoms with E-state index in [-0.39, 0.29) is 0 Å². The van der Waals surface area contributed by atoms with Gasteiger partial charge in [0, 0.05) is 5.56 Å². The molecule has 1 N–H and O–H groups in total. The first kappa shape index (κ1) is 11.6. The Balaban J connectivity index is 2.12. The summed E-state index contributed by atoms with van der Waals surface area (Å²) in [5, 5.41) is 9.52. The minimum absolute atomic E-state index is 0.534. The number of carboxylic acid groups (broad SMARTS) is 1. The van der Waals surface area contributed by atoms with Crippen LogP contribution in [0.4, 0.5) is 0 Å². The van der Waals surface area contributed by atoms with E-state index < -0.39 is 11.4 Å². The van der Waals surface area contributed by atoms with Gasteiger partial charge in [0.2, 0.25) is 0 Å². The van der Waals surface area contributed by atoms with E-state index >= 15 is 0 Å². The highest BCUT2D eigenvalue weighted by Gasteiger charge is 2.55. The SMILES string of the molecule is COc1cccc(C2CCC2)c1C1(C(=O)O)CC1. The summed E-state index contributed by atoms with van der Waals surface area (Å²) in [6.07, 6.45) is 5.08. The lowest BCUT2D eigenvalue weighted by atomic mass is 9.75. The van der Waals surface area contributed by atoms with E-state index in [4.69, 9.17) is 4.74 Å². The fraction of sp³-hybridized carbons (Fsp3) is 0.533. The fourth-order valence-electron chi connectivity index (χ4n) is 2.99. The van der Waals surface area contributed by atoms with Gasteiger partial charge in [0.05, 0.1) is 12.5 Å². The monoisotopic (exact) mass is 246 g/mol. The fourth-order valence-corrected chi connectivity index (χ4v) is 2.99. The Morgan fingerprint density at radius 2 is 2.11 bits per heavy atom. The molecule has 0 spiro atoms. The van der Waals surface area contributed by atoms with Crippen LogP contribution in [0.15, 0.2) is 18.2 Å². The molecule has 0 unspecified atom stereocenters. The molecule has 96 valence electrons. The molecular weight excluding hydrogens is 228 g/mol. The van der Waals surface area contributed by atoms with Crippen molar-refractivity contribution in [3.05, 3.63) is 29.3 Å². The molecule has 2 aliphatic rings. The van der Waals surface area contributed by atoms with E-state index in [9.17, 15) is 9.90 Å². The van der Waals surface area contributed by atoms with Gasteiger partial charge < -0.3 is 9.84 Å². The van der Waals surface area contributed by atoms with Gasteiger partial charge in [-0.1, -0.05) is 18.6 Å². The molecule has 3 nitrogen and oxygen atoms in total. The Kier molecular flexibility index (Phi) is 2.58. The molecule has 0 aromatic heterocycles. The van der Waals surface area contributed by atoms with E-state index in [0.717, 1.165) is 24.2 Å². The smallest absolute Gasteiger partial charge is 0.314 e. The zero-order valence-electron chi connectivity index (χ0n) is 10.6. The van der Waals surface area contributed by atoms with Crippen LogP contribution in [-0.2, 0) is 10.2 Å². The van der Waals surface area contributed by atoms with Gasteiger partial charge in [-0.05, 0) is 43.2 Å². The van der Waals surface area contributed by atoms with Crippen LogP contribution in [0.5, 0.6) is 5.75 Å². The summed E-state index contributed by atoms with van der Waals surface area (Å²) >= 11 is 0. The van der Waals surface area contributed by atoms with Gasteiger partial charge in [-0.15, -0.1) is 0 Å². The van der Waals surface area contributed by atoms with Crippen LogP contribution in [-0.4, -0.2) is 18.2 Å². The van der Waals surface area contributed by atoms with Crippen LogP contribution in [0.2, 0.25) is 0 Å². The largest absolute Gasteiger partial charge is 0.496 e. The molecule has 0 atom stereocenters. The summed E-state index contributed by atoms with van der Waals surface area (Å²) in [7, 11) is 1.63. The Bertz CT molecular complexity index is 485. The highest BCUT2D eigenvalue weighted by atomic mass is 16.5. The molecule has 0 heterocycles. The van der Waals surface area contributed by atoms with E-state index in [1.54, 1.807) is 7.11 Å². The number of rotatable bonds is 4. The number of carbonyl (C=O) groups is 1. The van der Waals surface area contributed by atoms with Crippen LogP contribution in [0, 0.1) is 0 Å². The number of ether oxygens (including phenoxy) is 1. The second-order valence-electron chi connectivity index (χ2n) is 5.44. The van der Waals surface area contributed by atoms with Crippen molar-refractivity contribution in [2.45, 2.75) is 43.4 Å². The number of benzene rings is 1. The average Bonchev–Trinajstić information content (AvgIpc) is 3.07. The molecule has 1 aromatic rings. The standard InChI is InChI=1S/C15H18O3/c1-18-12-7-3-6-11(10-4-2-5-10)13(12)15(8-9-15)14(16)17/h3,6-7,10H,2,4-5,8-9H2,1H3,(H,16,17). The number of aliphatic carboxylic acids is 1. The maximum atomic E-state index is 11.6. The summed E-state index contributed by atoms with van der Waals surface area (Å²) in [5.74, 6) is 0.582. The third-order valence-corrected chi connectivity index (χ3v) is 4.46. The Morgan fingerprint density at radius 3 is 2.56 bits per heavy atom. The molecule has 2 fully saturated rings. The van der Waals surface area contributed by atoms with Crippen molar-refractivity contribution in [1.29, 1.82) is 0 Å². The van der Waals surface area contributed by atoms with Crippen LogP contribution >= 0.6 is 0 Å². The second-order valence-corrected chi connectivity index (χ2v) is 5.44. The maximum absolute atomic E-state index is 11.6. The first-order chi connectivity index (χ1) is 8.69. The first-order valence-corrected chi connectivity index (χ1v) is 6.60. The molecule has 0 aliphatic heterocycles. The number of hydrogen-bond acceptors (Lipinski definition) is 2. The zero-order chi connectivity index (χ0) is 12.8. The van der Waals surface area contributed by atoms with Crippen molar-refractivity contribution in [3.63, 3.8) is 0 Å².